The molecule has 4 bridgehead atoms. The molecule has 65 heavy (non-hydrogen) atoms. The van der Waals surface area contributed by atoms with Gasteiger partial charge in [0.15, 0.2) is 0 Å². The second-order valence-corrected chi connectivity index (χ2v) is 19.5. The summed E-state index contributed by atoms with van der Waals surface area (Å²) < 4.78 is 14.5. The third kappa shape index (κ3) is 7.38. The SMILES string of the molecule is Cc1cc(-n2c3[c-]c(Oc4[c-]c(-n5cc6c7ccc(n6[c]5=[Pt])CCc5ccc(c(C)c5C)CC7)ccn4)ccc3c3cc(-c4ccccc4)ccc32)ncc1-c1ccc(C(C)(C)C)cc1. The number of imidazole rings is 1. The molecule has 5 aromatic heterocycles. The predicted octanol–water partition coefficient (Wildman–Crippen LogP) is 13.5. The molecule has 0 N–H and O–H groups in total. The van der Waals surface area contributed by atoms with Crippen molar-refractivity contribution >= 4 is 27.3 Å². The smallest absolute Gasteiger partial charge is 0.0579 e. The maximum absolute atomic E-state index is 6.59. The van der Waals surface area contributed by atoms with Crippen LogP contribution in [0.4, 0.5) is 0 Å². The number of ether oxygens (including phenoxy) is 1. The van der Waals surface area contributed by atoms with Gasteiger partial charge >= 0.3 is 260 Å². The molecule has 0 fully saturated rings. The Morgan fingerprint density at radius 1 is 0.646 bits per heavy atom. The van der Waals surface area contributed by atoms with E-state index >= 15 is 0 Å². The molecular weight excluding hydrogens is 978 g/mol. The number of fused-ring (bicyclic) bond motifs is 3. The summed E-state index contributed by atoms with van der Waals surface area (Å²) in [4.78, 5) is 9.80. The van der Waals surface area contributed by atoms with Gasteiger partial charge in [0.1, 0.15) is 0 Å². The number of hydrogen-bond donors (Lipinski definition) is 0. The number of hydrogen-bond acceptors (Lipinski definition) is 3. The van der Waals surface area contributed by atoms with Gasteiger partial charge in [-0.2, -0.15) is 0 Å². The Kier molecular flexibility index (Phi) is 10.2. The van der Waals surface area contributed by atoms with Crippen molar-refractivity contribution in [2.45, 2.75) is 72.6 Å². The Morgan fingerprint density at radius 3 is 2.12 bits per heavy atom. The molecule has 4 aliphatic rings. The molecule has 5 aromatic carbocycles. The van der Waals surface area contributed by atoms with Crippen LogP contribution in [0.1, 0.15) is 65.4 Å². The third-order valence-corrected chi connectivity index (χ3v) is 14.6. The molecule has 7 heteroatoms. The van der Waals surface area contributed by atoms with Gasteiger partial charge in [-0.15, -0.1) is 0 Å². The molecule has 324 valence electrons. The van der Waals surface area contributed by atoms with Crippen LogP contribution >= 0.6 is 0 Å². The summed E-state index contributed by atoms with van der Waals surface area (Å²) >= 11 is 2.46. The quantitative estimate of drug-likeness (QED) is 0.156. The van der Waals surface area contributed by atoms with Gasteiger partial charge in [0.05, 0.1) is 0 Å². The minimum absolute atomic E-state index is 0.0875. The molecule has 0 amide bonds. The predicted molar refractivity (Wildman–Crippen MR) is 259 cm³/mol. The fourth-order valence-corrected chi connectivity index (χ4v) is 10.7. The van der Waals surface area contributed by atoms with Crippen LogP contribution in [0.15, 0.2) is 140 Å². The average Bonchev–Trinajstić information content (AvgIpc) is 3.83. The molecule has 0 saturated carbocycles. The molecule has 0 radical (unpaired) electrons. The minimum atomic E-state index is 0.0875. The molecule has 2 aliphatic heterocycles. The summed E-state index contributed by atoms with van der Waals surface area (Å²) in [6.45, 7) is 13.5. The average molecular weight is 1030 g/mol. The van der Waals surface area contributed by atoms with E-state index in [2.05, 4.69) is 207 Å². The Morgan fingerprint density at radius 2 is 1.37 bits per heavy atom. The summed E-state index contributed by atoms with van der Waals surface area (Å²) in [7, 11) is 0. The van der Waals surface area contributed by atoms with E-state index in [9.17, 15) is 0 Å². The molecule has 2 aliphatic carbocycles. The van der Waals surface area contributed by atoms with E-state index in [0.29, 0.717) is 11.6 Å². The van der Waals surface area contributed by atoms with Crippen molar-refractivity contribution in [3.63, 3.8) is 0 Å². The van der Waals surface area contributed by atoms with Crippen LogP contribution in [-0.2, 0) is 50.5 Å². The second-order valence-electron chi connectivity index (χ2n) is 18.5. The van der Waals surface area contributed by atoms with Crippen LogP contribution in [0.25, 0.3) is 61.1 Å². The van der Waals surface area contributed by atoms with Gasteiger partial charge in [0.2, 0.25) is 0 Å². The second kappa shape index (κ2) is 16.1. The first-order valence-electron chi connectivity index (χ1n) is 22.5. The summed E-state index contributed by atoms with van der Waals surface area (Å²) in [5.41, 5.74) is 19.5. The Labute approximate surface area is 391 Å². The zero-order chi connectivity index (χ0) is 44.6. The van der Waals surface area contributed by atoms with Crippen LogP contribution < -0.4 is 4.74 Å². The first-order chi connectivity index (χ1) is 31.5. The van der Waals surface area contributed by atoms with E-state index in [1.54, 1.807) is 6.20 Å². The van der Waals surface area contributed by atoms with E-state index in [1.807, 2.05) is 18.3 Å². The molecule has 0 unspecified atom stereocenters. The number of rotatable bonds is 6. The van der Waals surface area contributed by atoms with Crippen LogP contribution in [-0.4, -0.2) is 23.5 Å². The summed E-state index contributed by atoms with van der Waals surface area (Å²) in [5, 5.41) is 2.18. The molecule has 14 rings (SSSR count). The van der Waals surface area contributed by atoms with Crippen molar-refractivity contribution in [3.8, 4) is 45.4 Å². The molecule has 0 atom stereocenters. The fraction of sp³-hybridized carbons (Fsp3) is 0.190. The molecule has 0 saturated heterocycles. The molecular formula is C58H49N5OPt-2. The van der Waals surface area contributed by atoms with Crippen LogP contribution in [0.3, 0.4) is 0 Å². The topological polar surface area (TPSA) is 49.3 Å². The maximum atomic E-state index is 6.59. The van der Waals surface area contributed by atoms with Gasteiger partial charge in [-0.3, -0.25) is 0 Å². The summed E-state index contributed by atoms with van der Waals surface area (Å²) in [6, 6.07) is 50.9. The Balaban J connectivity index is 0.975. The Bertz CT molecular complexity index is 3550. The van der Waals surface area contributed by atoms with Crippen molar-refractivity contribution in [2.75, 3.05) is 0 Å². The van der Waals surface area contributed by atoms with Crippen molar-refractivity contribution in [2.24, 2.45) is 0 Å². The van der Waals surface area contributed by atoms with Gasteiger partial charge in [0, 0.05) is 11.8 Å². The number of nitrogens with zero attached hydrogens (tertiary/aromatic N) is 5. The normalized spacial score (nSPS) is 12.9. The van der Waals surface area contributed by atoms with Crippen molar-refractivity contribution in [1.29, 1.82) is 0 Å². The van der Waals surface area contributed by atoms with E-state index < -0.39 is 0 Å². The number of benzene rings is 5. The van der Waals surface area contributed by atoms with Crippen LogP contribution in [0.2, 0.25) is 0 Å². The van der Waals surface area contributed by atoms with Crippen LogP contribution in [0, 0.1) is 36.7 Å². The molecule has 10 aromatic rings. The van der Waals surface area contributed by atoms with Gasteiger partial charge in [-0.05, 0) is 40.2 Å². The molecule has 0 spiro atoms. The first kappa shape index (κ1) is 41.1. The fourth-order valence-electron chi connectivity index (χ4n) is 9.65. The molecule has 6 nitrogen and oxygen atoms in total. The zero-order valence-corrected chi connectivity index (χ0v) is 39.8. The van der Waals surface area contributed by atoms with Crippen LogP contribution in [0.5, 0.6) is 11.6 Å². The van der Waals surface area contributed by atoms with E-state index in [1.165, 1.54) is 50.2 Å². The van der Waals surface area contributed by atoms with E-state index in [4.69, 9.17) is 9.72 Å². The molecule has 7 heterocycles. The number of aromatic nitrogens is 5. The van der Waals surface area contributed by atoms with Crippen molar-refractivity contribution in [1.82, 2.24) is 23.5 Å². The first-order valence-corrected chi connectivity index (χ1v) is 23.6. The standard InChI is InChI=1S/C58H49N5O.Pt/c1-37-30-56(60-34-52(37)43-16-21-46(22-17-43)58(4,5)6)63-53-27-20-45(42-10-8-7-9-11-42)31-51(53)50-26-25-49(33-54(50)63)64-57-32-48(28-29-59-57)61-35-55-44-15-14-40-12-13-41(39(3)38(40)2)18-23-47(24-19-44)62(55)36-61;/h7-13,16-17,19-22,24-31,34-35H,14-15,18,23H2,1-6H3;/q-2;. The van der Waals surface area contributed by atoms with E-state index in [0.717, 1.165) is 85.1 Å². The monoisotopic (exact) mass is 1030 g/mol. The number of aryl methyl sites for hydroxylation is 5. The van der Waals surface area contributed by atoms with Gasteiger partial charge in [0.25, 0.3) is 0 Å². The number of pyridine rings is 3. The summed E-state index contributed by atoms with van der Waals surface area (Å²) in [5.74, 6) is 1.74. The van der Waals surface area contributed by atoms with Gasteiger partial charge in [-0.25, -0.2) is 0 Å². The zero-order valence-electron chi connectivity index (χ0n) is 37.6. The van der Waals surface area contributed by atoms with Crippen molar-refractivity contribution < 1.29 is 24.1 Å². The van der Waals surface area contributed by atoms with Gasteiger partial charge in [-0.1, -0.05) is 81.4 Å². The Hall–Kier alpha value is -6.62. The minimum Gasteiger partial charge on any atom is -0.0579 e. The van der Waals surface area contributed by atoms with E-state index in [-0.39, 0.29) is 5.41 Å². The van der Waals surface area contributed by atoms with Gasteiger partial charge < -0.3 is 0 Å². The van der Waals surface area contributed by atoms with Crippen molar-refractivity contribution in [3.05, 3.63) is 200 Å². The summed E-state index contributed by atoms with van der Waals surface area (Å²) in [6.07, 6.45) is 9.97. The third-order valence-electron chi connectivity index (χ3n) is 13.5.